The van der Waals surface area contributed by atoms with Crippen molar-refractivity contribution in [3.63, 3.8) is 0 Å². The third-order valence-corrected chi connectivity index (χ3v) is 4.20. The zero-order chi connectivity index (χ0) is 20.1. The number of hydrogen-bond acceptors (Lipinski definition) is 4. The zero-order valence-electron chi connectivity index (χ0n) is 16.3. The lowest BCUT2D eigenvalue weighted by Gasteiger charge is -2.28. The van der Waals surface area contributed by atoms with E-state index in [-0.39, 0.29) is 22.7 Å². The number of hydrogen-bond donors (Lipinski definition) is 0. The molecule has 8 heteroatoms. The Kier molecular flexibility index (Phi) is 5.17. The molecule has 0 aliphatic heterocycles. The Morgan fingerprint density at radius 2 is 0.538 bits per heavy atom. The third kappa shape index (κ3) is 2.77. The average molecular weight is 372 g/mol. The molecule has 2 aromatic carbocycles. The van der Waals surface area contributed by atoms with Gasteiger partial charge in [-0.2, -0.15) is 0 Å². The van der Waals surface area contributed by atoms with E-state index in [1.807, 2.05) is 0 Å². The molecule has 0 N–H and O–H groups in total. The molecule has 4 nitrogen and oxygen atoms in total. The van der Waals surface area contributed by atoms with Crippen molar-refractivity contribution in [2.45, 2.75) is 0 Å². The lowest BCUT2D eigenvalue weighted by atomic mass is 10.0. The maximum atomic E-state index is 15.3. The van der Waals surface area contributed by atoms with E-state index in [4.69, 9.17) is 0 Å². The summed E-state index contributed by atoms with van der Waals surface area (Å²) in [7, 11) is 12.2. The van der Waals surface area contributed by atoms with Crippen LogP contribution in [0, 0.1) is 23.3 Å². The summed E-state index contributed by atoms with van der Waals surface area (Å²) in [5.74, 6) is -4.00. The number of rotatable bonds is 4. The van der Waals surface area contributed by atoms with E-state index >= 15 is 17.6 Å². The first kappa shape index (κ1) is 19.9. The predicted octanol–water partition coefficient (Wildman–Crippen LogP) is 3.66. The van der Waals surface area contributed by atoms with Gasteiger partial charge in [0.15, 0.2) is 23.3 Å². The van der Waals surface area contributed by atoms with Crippen LogP contribution in [0.25, 0.3) is 10.8 Å². The Bertz CT molecular complexity index is 724. The Balaban J connectivity index is 3.24. The molecule has 0 atom stereocenters. The van der Waals surface area contributed by atoms with Gasteiger partial charge < -0.3 is 19.6 Å². The molecule has 144 valence electrons. The van der Waals surface area contributed by atoms with Gasteiger partial charge in [-0.1, -0.05) is 0 Å². The largest absolute Gasteiger partial charge is 0.374 e. The van der Waals surface area contributed by atoms with Crippen molar-refractivity contribution in [2.75, 3.05) is 76.0 Å². The van der Waals surface area contributed by atoms with Crippen molar-refractivity contribution < 1.29 is 17.6 Å². The van der Waals surface area contributed by atoms with Crippen LogP contribution in [0.1, 0.15) is 0 Å². The highest BCUT2D eigenvalue weighted by Gasteiger charge is 2.32. The summed E-state index contributed by atoms with van der Waals surface area (Å²) >= 11 is 0. The molecule has 0 saturated heterocycles. The molecule has 0 fully saturated rings. The van der Waals surface area contributed by atoms with Crippen molar-refractivity contribution in [1.29, 1.82) is 0 Å². The second kappa shape index (κ2) is 6.74. The first-order valence-electron chi connectivity index (χ1n) is 7.98. The summed E-state index contributed by atoms with van der Waals surface area (Å²) in [6.45, 7) is 0. The van der Waals surface area contributed by atoms with E-state index in [0.717, 1.165) is 0 Å². The Hall–Kier alpha value is -2.38. The van der Waals surface area contributed by atoms with Gasteiger partial charge in [0.2, 0.25) is 0 Å². The number of fused-ring (bicyclic) bond motifs is 1. The minimum atomic E-state index is -1.00. The molecule has 2 rings (SSSR count). The Morgan fingerprint density at radius 1 is 0.385 bits per heavy atom. The van der Waals surface area contributed by atoms with Gasteiger partial charge in [0.25, 0.3) is 0 Å². The molecular formula is C18H24F4N4. The normalized spacial score (nSPS) is 11.1. The average Bonchev–Trinajstić information content (AvgIpc) is 2.50. The van der Waals surface area contributed by atoms with Crippen molar-refractivity contribution in [3.8, 4) is 0 Å². The van der Waals surface area contributed by atoms with E-state index < -0.39 is 34.0 Å². The van der Waals surface area contributed by atoms with Crippen LogP contribution in [0.15, 0.2) is 0 Å². The summed E-state index contributed by atoms with van der Waals surface area (Å²) in [6.07, 6.45) is 0. The molecule has 0 aromatic heterocycles. The molecule has 0 heterocycles. The number of halogens is 4. The zero-order valence-corrected chi connectivity index (χ0v) is 16.3. The summed E-state index contributed by atoms with van der Waals surface area (Å²) in [5, 5.41) is -1.38. The van der Waals surface area contributed by atoms with Gasteiger partial charge in [0.05, 0.1) is 33.5 Å². The second-order valence-corrected chi connectivity index (χ2v) is 6.98. The number of benzene rings is 2. The van der Waals surface area contributed by atoms with Crippen LogP contribution >= 0.6 is 0 Å². The molecule has 0 amide bonds. The smallest absolute Gasteiger partial charge is 0.159 e. The summed E-state index contributed by atoms with van der Waals surface area (Å²) in [6, 6.07) is 0. The summed E-state index contributed by atoms with van der Waals surface area (Å²) < 4.78 is 61.1. The second-order valence-electron chi connectivity index (χ2n) is 6.98. The van der Waals surface area contributed by atoms with E-state index in [9.17, 15) is 0 Å². The van der Waals surface area contributed by atoms with Crippen LogP contribution in [0.2, 0.25) is 0 Å². The first-order valence-corrected chi connectivity index (χ1v) is 7.98. The van der Waals surface area contributed by atoms with Crippen LogP contribution in [0.5, 0.6) is 0 Å². The van der Waals surface area contributed by atoms with Gasteiger partial charge in [-0.15, -0.1) is 0 Å². The summed E-state index contributed by atoms with van der Waals surface area (Å²) in [4.78, 5) is 5.39. The summed E-state index contributed by atoms with van der Waals surface area (Å²) in [5.41, 5.74) is -0.553. The number of anilines is 4. The van der Waals surface area contributed by atoms with Crippen LogP contribution < -0.4 is 19.6 Å². The van der Waals surface area contributed by atoms with E-state index in [0.29, 0.717) is 0 Å². The quantitative estimate of drug-likeness (QED) is 0.760. The van der Waals surface area contributed by atoms with Crippen LogP contribution in [0.3, 0.4) is 0 Å². The van der Waals surface area contributed by atoms with Gasteiger partial charge in [-0.25, -0.2) is 17.6 Å². The van der Waals surface area contributed by atoms with Crippen LogP contribution in [-0.4, -0.2) is 56.4 Å². The molecule has 0 aliphatic carbocycles. The topological polar surface area (TPSA) is 13.0 Å². The standard InChI is InChI=1S/C18H24F4N4/c1-23(2)15-11(19)9-10(12(20)16(15)24(3)4)14(22)18(26(7)8)17(13(9)21)25(5)6/h1-8H3. The van der Waals surface area contributed by atoms with E-state index in [2.05, 4.69) is 0 Å². The molecule has 0 saturated carbocycles. The first-order chi connectivity index (χ1) is 11.9. The van der Waals surface area contributed by atoms with E-state index in [1.54, 1.807) is 0 Å². The van der Waals surface area contributed by atoms with Crippen LogP contribution in [-0.2, 0) is 0 Å². The monoisotopic (exact) mass is 372 g/mol. The SMILES string of the molecule is CN(C)c1c(N(C)C)c(F)c2c(F)c(N(C)C)c(N(C)C)c(F)c2c1F. The van der Waals surface area contributed by atoms with Gasteiger partial charge in [-0.3, -0.25) is 0 Å². The molecule has 2 aromatic rings. The fourth-order valence-corrected chi connectivity index (χ4v) is 3.15. The lowest BCUT2D eigenvalue weighted by Crippen LogP contribution is -2.23. The Labute approximate surface area is 151 Å². The predicted molar refractivity (Wildman–Crippen MR) is 101 cm³/mol. The van der Waals surface area contributed by atoms with Gasteiger partial charge in [0.1, 0.15) is 0 Å². The van der Waals surface area contributed by atoms with Gasteiger partial charge >= 0.3 is 0 Å². The van der Waals surface area contributed by atoms with Crippen LogP contribution in [0.4, 0.5) is 40.3 Å². The molecule has 0 spiro atoms. The Morgan fingerprint density at radius 3 is 0.654 bits per heavy atom. The van der Waals surface area contributed by atoms with Crippen molar-refractivity contribution in [2.24, 2.45) is 0 Å². The highest BCUT2D eigenvalue weighted by atomic mass is 19.1. The lowest BCUT2D eigenvalue weighted by molar-refractivity contribution is 0.577. The molecule has 0 unspecified atom stereocenters. The fourth-order valence-electron chi connectivity index (χ4n) is 3.15. The minimum Gasteiger partial charge on any atom is -0.374 e. The van der Waals surface area contributed by atoms with Crippen molar-refractivity contribution in [1.82, 2.24) is 0 Å². The number of nitrogens with zero attached hydrogens (tertiary/aromatic N) is 4. The molecular weight excluding hydrogens is 348 g/mol. The van der Waals surface area contributed by atoms with Crippen molar-refractivity contribution >= 4 is 33.5 Å². The molecule has 0 radical (unpaired) electrons. The third-order valence-electron chi connectivity index (χ3n) is 4.20. The molecule has 0 aliphatic rings. The highest BCUT2D eigenvalue weighted by Crippen LogP contribution is 2.46. The molecule has 26 heavy (non-hydrogen) atoms. The van der Waals surface area contributed by atoms with Crippen molar-refractivity contribution in [3.05, 3.63) is 23.3 Å². The molecule has 0 bridgehead atoms. The minimum absolute atomic E-state index is 0.138. The van der Waals surface area contributed by atoms with Gasteiger partial charge in [0, 0.05) is 56.4 Å². The maximum Gasteiger partial charge on any atom is 0.159 e. The fraction of sp³-hybridized carbons (Fsp3) is 0.444. The van der Waals surface area contributed by atoms with E-state index in [1.165, 1.54) is 76.0 Å². The maximum absolute atomic E-state index is 15.3. The van der Waals surface area contributed by atoms with Gasteiger partial charge in [-0.05, 0) is 0 Å². The highest BCUT2D eigenvalue weighted by molar-refractivity contribution is 6.00.